The average molecular weight is 467 g/mol. The summed E-state index contributed by atoms with van der Waals surface area (Å²) >= 11 is 6.01. The van der Waals surface area contributed by atoms with E-state index in [9.17, 15) is 14.4 Å². The number of para-hydroxylation sites is 1. The van der Waals surface area contributed by atoms with Gasteiger partial charge in [0.2, 0.25) is 5.91 Å². The van der Waals surface area contributed by atoms with Crippen LogP contribution < -0.4 is 10.1 Å². The van der Waals surface area contributed by atoms with Crippen LogP contribution in [0.4, 0.5) is 5.69 Å². The molecule has 0 spiro atoms. The summed E-state index contributed by atoms with van der Waals surface area (Å²) in [7, 11) is 1.44. The Hall–Kier alpha value is -3.84. The number of anilines is 1. The van der Waals surface area contributed by atoms with Crippen LogP contribution >= 0.6 is 11.6 Å². The summed E-state index contributed by atoms with van der Waals surface area (Å²) in [5.74, 6) is -1.10. The topological polar surface area (TPSA) is 84.9 Å². The second kappa shape index (κ2) is 11.7. The van der Waals surface area contributed by atoms with Gasteiger partial charge in [-0.3, -0.25) is 9.59 Å². The van der Waals surface area contributed by atoms with E-state index < -0.39 is 24.4 Å². The highest BCUT2D eigenvalue weighted by Gasteiger charge is 2.17. The maximum atomic E-state index is 12.4. The molecule has 0 heterocycles. The van der Waals surface area contributed by atoms with Gasteiger partial charge in [-0.15, -0.1) is 0 Å². The maximum absolute atomic E-state index is 12.4. The molecule has 7 nitrogen and oxygen atoms in total. The molecule has 3 aromatic carbocycles. The van der Waals surface area contributed by atoms with E-state index >= 15 is 0 Å². The van der Waals surface area contributed by atoms with Gasteiger partial charge in [-0.2, -0.15) is 0 Å². The molecule has 0 atom stereocenters. The zero-order valence-electron chi connectivity index (χ0n) is 18.0. The highest BCUT2D eigenvalue weighted by molar-refractivity contribution is 6.33. The average Bonchev–Trinajstić information content (AvgIpc) is 2.83. The molecule has 1 N–H and O–H groups in total. The van der Waals surface area contributed by atoms with Gasteiger partial charge < -0.3 is 19.7 Å². The quantitative estimate of drug-likeness (QED) is 0.478. The van der Waals surface area contributed by atoms with Crippen molar-refractivity contribution in [2.75, 3.05) is 25.5 Å². The van der Waals surface area contributed by atoms with Crippen LogP contribution in [0.3, 0.4) is 0 Å². The molecular weight excluding hydrogens is 444 g/mol. The third kappa shape index (κ3) is 7.36. The van der Waals surface area contributed by atoms with Crippen LogP contribution in [0.2, 0.25) is 5.02 Å². The van der Waals surface area contributed by atoms with E-state index in [1.165, 1.54) is 11.9 Å². The fourth-order valence-corrected chi connectivity index (χ4v) is 3.01. The monoisotopic (exact) mass is 466 g/mol. The number of amides is 2. The number of likely N-dealkylation sites (N-methyl/N-ethyl adjacent to an activating group) is 1. The third-order valence-corrected chi connectivity index (χ3v) is 4.93. The molecule has 0 saturated carbocycles. The zero-order chi connectivity index (χ0) is 23.6. The minimum Gasteiger partial charge on any atom is -0.489 e. The molecule has 33 heavy (non-hydrogen) atoms. The van der Waals surface area contributed by atoms with Gasteiger partial charge in [0.1, 0.15) is 12.4 Å². The number of hydrogen-bond donors (Lipinski definition) is 1. The van der Waals surface area contributed by atoms with Gasteiger partial charge in [-0.05, 0) is 35.9 Å². The minimum atomic E-state index is -0.664. The van der Waals surface area contributed by atoms with Crippen LogP contribution in [-0.4, -0.2) is 42.9 Å². The van der Waals surface area contributed by atoms with E-state index in [4.69, 9.17) is 21.1 Å². The Bertz CT molecular complexity index is 1120. The minimum absolute atomic E-state index is 0.218. The van der Waals surface area contributed by atoms with E-state index in [1.54, 1.807) is 48.5 Å². The molecule has 3 rings (SSSR count). The summed E-state index contributed by atoms with van der Waals surface area (Å²) in [6.45, 7) is -0.354. The van der Waals surface area contributed by atoms with Crippen molar-refractivity contribution in [1.29, 1.82) is 0 Å². The molecule has 0 aromatic heterocycles. The van der Waals surface area contributed by atoms with Crippen LogP contribution in [0.15, 0.2) is 78.9 Å². The number of halogens is 1. The molecule has 2 amide bonds. The van der Waals surface area contributed by atoms with Gasteiger partial charge in [0.25, 0.3) is 5.91 Å². The Balaban J connectivity index is 1.47. The Morgan fingerprint density at radius 1 is 0.939 bits per heavy atom. The lowest BCUT2D eigenvalue weighted by Gasteiger charge is -2.17. The van der Waals surface area contributed by atoms with E-state index in [1.807, 2.05) is 30.3 Å². The maximum Gasteiger partial charge on any atom is 0.338 e. The zero-order valence-corrected chi connectivity index (χ0v) is 18.7. The number of rotatable bonds is 9. The normalized spacial score (nSPS) is 10.2. The Morgan fingerprint density at radius 2 is 1.67 bits per heavy atom. The van der Waals surface area contributed by atoms with Crippen molar-refractivity contribution in [3.05, 3.63) is 95.0 Å². The summed E-state index contributed by atoms with van der Waals surface area (Å²) in [5, 5.41) is 3.02. The highest BCUT2D eigenvalue weighted by Crippen LogP contribution is 2.20. The standard InChI is InChI=1S/C25H23ClN2O5/c1-28(15-23(29)27-22-13-6-5-12-21(22)26)24(30)17-33-25(31)19-10-7-11-20(14-19)32-16-18-8-3-2-4-9-18/h2-14H,15-17H2,1H3,(H,27,29). The van der Waals surface area contributed by atoms with E-state index in [2.05, 4.69) is 5.32 Å². The molecule has 8 heteroatoms. The van der Waals surface area contributed by atoms with Crippen molar-refractivity contribution >= 4 is 35.1 Å². The first-order valence-corrected chi connectivity index (χ1v) is 10.5. The number of carbonyl (C=O) groups excluding carboxylic acids is 3. The van der Waals surface area contributed by atoms with Gasteiger partial charge >= 0.3 is 5.97 Å². The van der Waals surface area contributed by atoms with Crippen molar-refractivity contribution in [3.8, 4) is 5.75 Å². The van der Waals surface area contributed by atoms with Crippen LogP contribution in [-0.2, 0) is 20.9 Å². The SMILES string of the molecule is CN(CC(=O)Nc1ccccc1Cl)C(=O)COC(=O)c1cccc(OCc2ccccc2)c1. The molecule has 0 bridgehead atoms. The lowest BCUT2D eigenvalue weighted by molar-refractivity contribution is -0.136. The first-order chi connectivity index (χ1) is 15.9. The number of esters is 1. The fourth-order valence-electron chi connectivity index (χ4n) is 2.83. The summed E-state index contributed by atoms with van der Waals surface area (Å²) in [5.41, 5.74) is 1.70. The molecular formula is C25H23ClN2O5. The van der Waals surface area contributed by atoms with Crippen LogP contribution in [0.1, 0.15) is 15.9 Å². The predicted molar refractivity (Wildman–Crippen MR) is 125 cm³/mol. The molecule has 0 radical (unpaired) electrons. The molecule has 0 saturated heterocycles. The number of ether oxygens (including phenoxy) is 2. The molecule has 170 valence electrons. The fraction of sp³-hybridized carbons (Fsp3) is 0.160. The summed E-state index contributed by atoms with van der Waals surface area (Å²) in [4.78, 5) is 38.0. The Morgan fingerprint density at radius 3 is 2.42 bits per heavy atom. The van der Waals surface area contributed by atoms with E-state index in [-0.39, 0.29) is 12.1 Å². The van der Waals surface area contributed by atoms with E-state index in [0.29, 0.717) is 23.1 Å². The first-order valence-electron chi connectivity index (χ1n) is 10.1. The van der Waals surface area contributed by atoms with Crippen LogP contribution in [0, 0.1) is 0 Å². The smallest absolute Gasteiger partial charge is 0.338 e. The largest absolute Gasteiger partial charge is 0.489 e. The Kier molecular flexibility index (Phi) is 8.43. The van der Waals surface area contributed by atoms with Crippen molar-refractivity contribution in [2.24, 2.45) is 0 Å². The third-order valence-electron chi connectivity index (χ3n) is 4.60. The van der Waals surface area contributed by atoms with Crippen molar-refractivity contribution in [3.63, 3.8) is 0 Å². The second-order valence-electron chi connectivity index (χ2n) is 7.16. The lowest BCUT2D eigenvalue weighted by Crippen LogP contribution is -2.37. The first kappa shape index (κ1) is 23.8. The Labute approximate surface area is 196 Å². The number of benzene rings is 3. The van der Waals surface area contributed by atoms with Gasteiger partial charge in [0.15, 0.2) is 6.61 Å². The predicted octanol–water partition coefficient (Wildman–Crippen LogP) is 4.17. The van der Waals surface area contributed by atoms with Crippen molar-refractivity contribution in [1.82, 2.24) is 4.90 Å². The lowest BCUT2D eigenvalue weighted by atomic mass is 10.2. The summed E-state index contributed by atoms with van der Waals surface area (Å²) in [6.07, 6.45) is 0. The number of nitrogens with one attached hydrogen (secondary N) is 1. The number of carbonyl (C=O) groups is 3. The molecule has 0 fully saturated rings. The van der Waals surface area contributed by atoms with Crippen molar-refractivity contribution < 1.29 is 23.9 Å². The second-order valence-corrected chi connectivity index (χ2v) is 7.56. The summed E-state index contributed by atoms with van der Waals surface area (Å²) in [6, 6.07) is 22.9. The van der Waals surface area contributed by atoms with E-state index in [0.717, 1.165) is 5.56 Å². The van der Waals surface area contributed by atoms with Crippen LogP contribution in [0.25, 0.3) is 0 Å². The number of nitrogens with zero attached hydrogens (tertiary/aromatic N) is 1. The molecule has 3 aromatic rings. The van der Waals surface area contributed by atoms with Gasteiger partial charge in [0.05, 0.1) is 22.8 Å². The molecule has 0 unspecified atom stereocenters. The highest BCUT2D eigenvalue weighted by atomic mass is 35.5. The number of hydrogen-bond acceptors (Lipinski definition) is 5. The van der Waals surface area contributed by atoms with Gasteiger partial charge in [0, 0.05) is 7.05 Å². The molecule has 0 aliphatic carbocycles. The molecule has 0 aliphatic rings. The van der Waals surface area contributed by atoms with Crippen LogP contribution in [0.5, 0.6) is 5.75 Å². The molecule has 0 aliphatic heterocycles. The van der Waals surface area contributed by atoms with Gasteiger partial charge in [-0.25, -0.2) is 4.79 Å². The van der Waals surface area contributed by atoms with Crippen molar-refractivity contribution in [2.45, 2.75) is 6.61 Å². The van der Waals surface area contributed by atoms with Gasteiger partial charge in [-0.1, -0.05) is 60.1 Å². The summed E-state index contributed by atoms with van der Waals surface area (Å²) < 4.78 is 10.8.